The molecule has 3 aromatic carbocycles. The lowest BCUT2D eigenvalue weighted by atomic mass is 9.97. The van der Waals surface area contributed by atoms with Crippen molar-refractivity contribution < 1.29 is 31.1 Å². The summed E-state index contributed by atoms with van der Waals surface area (Å²) in [5.41, 5.74) is 0.724. The molecule has 1 nitrogen and oxygen atoms in total. The number of benzene rings is 3. The third-order valence-electron chi connectivity index (χ3n) is 5.78. The van der Waals surface area contributed by atoms with Crippen molar-refractivity contribution in [3.8, 4) is 5.75 Å². The molecule has 0 saturated heterocycles. The number of ether oxygens (including phenoxy) is 1. The van der Waals surface area contributed by atoms with E-state index in [9.17, 15) is 26.3 Å². The zero-order valence-corrected chi connectivity index (χ0v) is 19.8. The fraction of sp³-hybridized carbons (Fsp3) is 0.357. The van der Waals surface area contributed by atoms with E-state index in [4.69, 9.17) is 4.74 Å². The van der Waals surface area contributed by atoms with Crippen molar-refractivity contribution in [3.63, 3.8) is 0 Å². The Morgan fingerprint density at radius 1 is 0.486 bits per heavy atom. The number of hydrogen-bond donors (Lipinski definition) is 0. The van der Waals surface area contributed by atoms with E-state index in [0.29, 0.717) is 18.4 Å². The second-order valence-electron chi connectivity index (χ2n) is 8.56. The van der Waals surface area contributed by atoms with Crippen LogP contribution in [-0.2, 0) is 32.1 Å². The highest BCUT2D eigenvalue weighted by molar-refractivity contribution is 5.34. The zero-order chi connectivity index (χ0) is 25.5. The SMILES string of the molecule is CCCOc1c(F)cc(CCc2c(F)cc(CCc3c(F)cc(CCC)cc3F)cc2F)cc1F. The van der Waals surface area contributed by atoms with Crippen molar-refractivity contribution in [3.05, 3.63) is 99.1 Å². The van der Waals surface area contributed by atoms with Crippen LogP contribution in [0.25, 0.3) is 0 Å². The molecule has 0 amide bonds. The lowest BCUT2D eigenvalue weighted by Gasteiger charge is -2.12. The molecule has 0 unspecified atom stereocenters. The van der Waals surface area contributed by atoms with Crippen LogP contribution < -0.4 is 4.74 Å². The van der Waals surface area contributed by atoms with Gasteiger partial charge in [0.05, 0.1) is 6.61 Å². The minimum Gasteiger partial charge on any atom is -0.488 e. The summed E-state index contributed by atoms with van der Waals surface area (Å²) in [6, 6.07) is 7.02. The van der Waals surface area contributed by atoms with E-state index >= 15 is 0 Å². The van der Waals surface area contributed by atoms with Gasteiger partial charge in [-0.05, 0) is 91.6 Å². The molecule has 0 fully saturated rings. The van der Waals surface area contributed by atoms with Gasteiger partial charge in [0.1, 0.15) is 23.3 Å². The summed E-state index contributed by atoms with van der Waals surface area (Å²) in [6.07, 6.45) is 1.79. The van der Waals surface area contributed by atoms with E-state index in [2.05, 4.69) is 0 Å². The first-order valence-corrected chi connectivity index (χ1v) is 11.8. The van der Waals surface area contributed by atoms with Gasteiger partial charge in [-0.25, -0.2) is 26.3 Å². The van der Waals surface area contributed by atoms with Crippen LogP contribution in [-0.4, -0.2) is 6.61 Å². The largest absolute Gasteiger partial charge is 0.488 e. The predicted octanol–water partition coefficient (Wildman–Crippen LogP) is 7.83. The third-order valence-corrected chi connectivity index (χ3v) is 5.78. The molecule has 3 rings (SSSR count). The van der Waals surface area contributed by atoms with Crippen LogP contribution >= 0.6 is 0 Å². The molecular formula is C28H28F6O. The molecule has 0 N–H and O–H groups in total. The summed E-state index contributed by atoms with van der Waals surface area (Å²) in [6.45, 7) is 3.88. The van der Waals surface area contributed by atoms with E-state index < -0.39 is 40.7 Å². The van der Waals surface area contributed by atoms with E-state index in [1.54, 1.807) is 6.92 Å². The first kappa shape index (κ1) is 26.6. The maximum atomic E-state index is 14.6. The highest BCUT2D eigenvalue weighted by Gasteiger charge is 2.17. The lowest BCUT2D eigenvalue weighted by molar-refractivity contribution is 0.284. The van der Waals surface area contributed by atoms with E-state index in [1.165, 1.54) is 12.1 Å². The summed E-state index contributed by atoms with van der Waals surface area (Å²) in [5, 5.41) is 0. The number of rotatable bonds is 11. The van der Waals surface area contributed by atoms with Gasteiger partial charge < -0.3 is 4.74 Å². The van der Waals surface area contributed by atoms with Crippen LogP contribution in [0, 0.1) is 34.9 Å². The van der Waals surface area contributed by atoms with E-state index in [-0.39, 0.29) is 54.5 Å². The normalized spacial score (nSPS) is 11.2. The Kier molecular flexibility index (Phi) is 9.24. The highest BCUT2D eigenvalue weighted by Crippen LogP contribution is 2.26. The van der Waals surface area contributed by atoms with E-state index in [0.717, 1.165) is 30.7 Å². The third kappa shape index (κ3) is 6.80. The molecule has 0 aliphatic carbocycles. The molecule has 0 aliphatic heterocycles. The monoisotopic (exact) mass is 494 g/mol. The van der Waals surface area contributed by atoms with Gasteiger partial charge >= 0.3 is 0 Å². The van der Waals surface area contributed by atoms with Crippen molar-refractivity contribution in [1.82, 2.24) is 0 Å². The number of halogens is 6. The van der Waals surface area contributed by atoms with Crippen LogP contribution in [0.5, 0.6) is 5.75 Å². The molecule has 0 saturated carbocycles. The Hall–Kier alpha value is -2.96. The fourth-order valence-electron chi connectivity index (χ4n) is 4.00. The quantitative estimate of drug-likeness (QED) is 0.247. The average molecular weight is 495 g/mol. The second kappa shape index (κ2) is 12.1. The summed E-state index contributed by atoms with van der Waals surface area (Å²) in [7, 11) is 0. The zero-order valence-electron chi connectivity index (χ0n) is 19.8. The second-order valence-corrected chi connectivity index (χ2v) is 8.56. The molecule has 0 radical (unpaired) electrons. The molecule has 0 aliphatic rings. The maximum Gasteiger partial charge on any atom is 0.190 e. The maximum absolute atomic E-state index is 14.6. The Bertz CT molecular complexity index is 1110. The van der Waals surface area contributed by atoms with Gasteiger partial charge in [0, 0.05) is 11.1 Å². The van der Waals surface area contributed by atoms with Gasteiger partial charge in [0.25, 0.3) is 0 Å². The Morgan fingerprint density at radius 3 is 1.23 bits per heavy atom. The van der Waals surface area contributed by atoms with Crippen molar-refractivity contribution >= 4 is 0 Å². The van der Waals surface area contributed by atoms with Crippen LogP contribution in [0.2, 0.25) is 0 Å². The van der Waals surface area contributed by atoms with Crippen LogP contribution in [0.1, 0.15) is 54.5 Å². The Morgan fingerprint density at radius 2 is 0.857 bits per heavy atom. The Balaban J connectivity index is 1.68. The molecule has 3 aromatic rings. The predicted molar refractivity (Wildman–Crippen MR) is 124 cm³/mol. The molecule has 7 heteroatoms. The molecule has 35 heavy (non-hydrogen) atoms. The molecule has 0 bridgehead atoms. The van der Waals surface area contributed by atoms with Crippen molar-refractivity contribution in [2.24, 2.45) is 0 Å². The molecule has 0 heterocycles. The first-order valence-electron chi connectivity index (χ1n) is 11.8. The van der Waals surface area contributed by atoms with Crippen molar-refractivity contribution in [1.29, 1.82) is 0 Å². The summed E-state index contributed by atoms with van der Waals surface area (Å²) >= 11 is 0. The smallest absolute Gasteiger partial charge is 0.190 e. The topological polar surface area (TPSA) is 9.23 Å². The minimum atomic E-state index is -0.869. The van der Waals surface area contributed by atoms with Crippen molar-refractivity contribution in [2.75, 3.05) is 6.61 Å². The first-order chi connectivity index (χ1) is 16.7. The number of aryl methyl sites for hydroxylation is 3. The summed E-state index contributed by atoms with van der Waals surface area (Å²) in [4.78, 5) is 0. The summed E-state index contributed by atoms with van der Waals surface area (Å²) in [5.74, 6) is -5.18. The minimum absolute atomic E-state index is 0.00954. The molecule has 0 aromatic heterocycles. The average Bonchev–Trinajstić information content (AvgIpc) is 2.77. The van der Waals surface area contributed by atoms with Gasteiger partial charge in [-0.2, -0.15) is 0 Å². The molecule has 188 valence electrons. The molecule has 0 atom stereocenters. The molecule has 0 spiro atoms. The van der Waals surface area contributed by atoms with Gasteiger partial charge in [-0.1, -0.05) is 20.3 Å². The van der Waals surface area contributed by atoms with E-state index in [1.807, 2.05) is 6.92 Å². The van der Waals surface area contributed by atoms with Crippen LogP contribution in [0.4, 0.5) is 26.3 Å². The standard InChI is InChI=1S/C28H28F6O/c1-3-5-17-11-22(29)20(23(30)12-17)8-6-18-13-24(31)21(25(32)14-18)9-7-19-15-26(33)28(27(34)16-19)35-10-4-2/h11-16H,3-10H2,1-2H3. The highest BCUT2D eigenvalue weighted by atomic mass is 19.2. The van der Waals surface area contributed by atoms with Gasteiger partial charge in [-0.3, -0.25) is 0 Å². The van der Waals surface area contributed by atoms with Crippen molar-refractivity contribution in [2.45, 2.75) is 58.8 Å². The lowest BCUT2D eigenvalue weighted by Crippen LogP contribution is -2.05. The Labute approximate surface area is 201 Å². The van der Waals surface area contributed by atoms with Gasteiger partial charge in [-0.15, -0.1) is 0 Å². The molecular weight excluding hydrogens is 466 g/mol. The summed E-state index contributed by atoms with van der Waals surface area (Å²) < 4.78 is 91.3. The van der Waals surface area contributed by atoms with Gasteiger partial charge in [0.2, 0.25) is 0 Å². The van der Waals surface area contributed by atoms with Gasteiger partial charge in [0.15, 0.2) is 17.4 Å². The fourth-order valence-corrected chi connectivity index (χ4v) is 4.00. The van der Waals surface area contributed by atoms with Crippen LogP contribution in [0.3, 0.4) is 0 Å². The number of hydrogen-bond acceptors (Lipinski definition) is 1. The van der Waals surface area contributed by atoms with Crippen LogP contribution in [0.15, 0.2) is 36.4 Å².